The van der Waals surface area contributed by atoms with Gasteiger partial charge in [0.2, 0.25) is 0 Å². The van der Waals surface area contributed by atoms with Crippen LogP contribution in [0.3, 0.4) is 0 Å². The largest absolute Gasteiger partial charge is 0.338 e. The van der Waals surface area contributed by atoms with Gasteiger partial charge in [0, 0.05) is 67.5 Å². The Kier molecular flexibility index (Phi) is 22.4. The Morgan fingerprint density at radius 2 is 1.75 bits per heavy atom. The fourth-order valence-corrected chi connectivity index (χ4v) is 0.734. The summed E-state index contributed by atoms with van der Waals surface area (Å²) < 4.78 is 13.9. The SMILES string of the molecule is COP(C)OCOP(O)O.[W].[Y]. The smallest absolute Gasteiger partial charge is 0.329 e. The molecule has 0 aliphatic heterocycles. The van der Waals surface area contributed by atoms with Gasteiger partial charge in [-0.25, -0.2) is 0 Å². The van der Waals surface area contributed by atoms with Crippen LogP contribution in [0.1, 0.15) is 0 Å². The molecule has 1 radical (unpaired) electrons. The minimum atomic E-state index is -2.31. The minimum Gasteiger partial charge on any atom is -0.338 e. The number of hydrogen-bond acceptors (Lipinski definition) is 5. The van der Waals surface area contributed by atoms with Crippen LogP contribution in [0.25, 0.3) is 0 Å². The van der Waals surface area contributed by atoms with Crippen LogP contribution in [-0.2, 0) is 67.3 Å². The molecule has 5 nitrogen and oxygen atoms in total. The first kappa shape index (κ1) is 19.9. The zero-order chi connectivity index (χ0) is 7.98. The van der Waals surface area contributed by atoms with Gasteiger partial charge in [0.25, 0.3) is 0 Å². The van der Waals surface area contributed by atoms with E-state index in [4.69, 9.17) is 18.8 Å². The molecule has 0 saturated carbocycles. The first-order valence-corrected chi connectivity index (χ1v) is 5.17. The zero-order valence-electron chi connectivity index (χ0n) is 6.71. The predicted octanol–water partition coefficient (Wildman–Crippen LogP) is 0.772. The van der Waals surface area contributed by atoms with E-state index in [0.717, 1.165) is 0 Å². The summed E-state index contributed by atoms with van der Waals surface area (Å²) >= 11 is 0. The topological polar surface area (TPSA) is 68.2 Å². The summed E-state index contributed by atoms with van der Waals surface area (Å²) in [5.41, 5.74) is 0. The number of rotatable bonds is 5. The molecule has 0 fully saturated rings. The molecule has 0 aliphatic carbocycles. The van der Waals surface area contributed by atoms with Crippen molar-refractivity contribution in [3.05, 3.63) is 0 Å². The van der Waals surface area contributed by atoms with E-state index in [-0.39, 0.29) is 60.6 Å². The van der Waals surface area contributed by atoms with Gasteiger partial charge in [0.05, 0.1) is 0 Å². The van der Waals surface area contributed by atoms with Crippen molar-refractivity contribution in [2.45, 2.75) is 0 Å². The van der Waals surface area contributed by atoms with E-state index in [1.807, 2.05) is 0 Å². The van der Waals surface area contributed by atoms with Gasteiger partial charge in [-0.15, -0.1) is 0 Å². The zero-order valence-corrected chi connectivity index (χ0v) is 14.3. The van der Waals surface area contributed by atoms with Crippen molar-refractivity contribution in [3.8, 4) is 0 Å². The molecule has 9 heteroatoms. The third-order valence-corrected chi connectivity index (χ3v) is 1.98. The Bertz CT molecular complexity index is 89.1. The van der Waals surface area contributed by atoms with Crippen LogP contribution < -0.4 is 0 Å². The summed E-state index contributed by atoms with van der Waals surface area (Å²) in [5.74, 6) is 0. The van der Waals surface area contributed by atoms with E-state index in [1.165, 1.54) is 7.11 Å². The van der Waals surface area contributed by atoms with Crippen molar-refractivity contribution >= 4 is 17.0 Å². The van der Waals surface area contributed by atoms with Crippen molar-refractivity contribution in [1.82, 2.24) is 0 Å². The third-order valence-electron chi connectivity index (χ3n) is 0.660. The average Bonchev–Trinajstić information content (AvgIpc) is 1.87. The fraction of sp³-hybridized carbons (Fsp3) is 1.00. The summed E-state index contributed by atoms with van der Waals surface area (Å²) in [7, 11) is -1.75. The normalized spacial score (nSPS) is 11.8. The van der Waals surface area contributed by atoms with Gasteiger partial charge in [-0.1, -0.05) is 0 Å². The second-order valence-electron chi connectivity index (χ2n) is 1.25. The average molecular weight is 461 g/mol. The van der Waals surface area contributed by atoms with E-state index >= 15 is 0 Å². The van der Waals surface area contributed by atoms with Crippen molar-refractivity contribution in [2.75, 3.05) is 20.6 Å². The molecular formula is C3H10O5P2WY. The van der Waals surface area contributed by atoms with Gasteiger partial charge in [0.1, 0.15) is 0 Å². The molecule has 0 bridgehead atoms. The van der Waals surface area contributed by atoms with E-state index in [0.29, 0.717) is 0 Å². The Hall–Kier alpha value is 2.45. The van der Waals surface area contributed by atoms with Gasteiger partial charge < -0.3 is 18.8 Å². The Morgan fingerprint density at radius 1 is 1.25 bits per heavy atom. The fourth-order valence-electron chi connectivity index (χ4n) is 0.198. The summed E-state index contributed by atoms with van der Waals surface area (Å²) in [6.07, 6.45) is 0. The summed E-state index contributed by atoms with van der Waals surface area (Å²) in [4.78, 5) is 16.4. The maximum Gasteiger partial charge on any atom is 0.329 e. The quantitative estimate of drug-likeness (QED) is 0.469. The van der Waals surface area contributed by atoms with Crippen LogP contribution in [0.4, 0.5) is 0 Å². The number of hydrogen-bond donors (Lipinski definition) is 2. The van der Waals surface area contributed by atoms with Gasteiger partial charge >= 0.3 is 8.60 Å². The van der Waals surface area contributed by atoms with Gasteiger partial charge in [-0.2, -0.15) is 0 Å². The molecule has 0 amide bonds. The van der Waals surface area contributed by atoms with Crippen molar-refractivity contribution in [1.29, 1.82) is 0 Å². The standard InChI is InChI=1S/C3H10O5P2.W.Y/c1-6-9(2)7-3-8-10(4)5;;/h4-5H,3H2,1-2H3;;. The monoisotopic (exact) mass is 461 g/mol. The molecule has 0 aromatic rings. The molecule has 0 saturated heterocycles. The van der Waals surface area contributed by atoms with Gasteiger partial charge in [-0.05, 0) is 0 Å². The van der Waals surface area contributed by atoms with Crippen LogP contribution in [0.2, 0.25) is 0 Å². The van der Waals surface area contributed by atoms with Crippen LogP contribution >= 0.6 is 17.0 Å². The van der Waals surface area contributed by atoms with Crippen LogP contribution in [0, 0.1) is 0 Å². The van der Waals surface area contributed by atoms with E-state index in [9.17, 15) is 0 Å². The molecule has 0 spiro atoms. The van der Waals surface area contributed by atoms with Crippen molar-refractivity contribution in [2.24, 2.45) is 0 Å². The Morgan fingerprint density at radius 3 is 2.08 bits per heavy atom. The molecule has 2 N–H and O–H groups in total. The second kappa shape index (κ2) is 13.5. The predicted molar refractivity (Wildman–Crippen MR) is 38.2 cm³/mol. The van der Waals surface area contributed by atoms with Gasteiger partial charge in [-0.3, -0.25) is 4.52 Å². The first-order chi connectivity index (χ1) is 4.66. The molecule has 0 heterocycles. The van der Waals surface area contributed by atoms with E-state index in [1.54, 1.807) is 6.66 Å². The van der Waals surface area contributed by atoms with Crippen molar-refractivity contribution < 1.29 is 77.1 Å². The maximum atomic E-state index is 8.22. The van der Waals surface area contributed by atoms with E-state index in [2.05, 4.69) is 4.52 Å². The summed E-state index contributed by atoms with van der Waals surface area (Å²) in [6, 6.07) is 0. The third kappa shape index (κ3) is 14.9. The molecule has 12 heavy (non-hydrogen) atoms. The minimum absolute atomic E-state index is 0. The molecular weight excluding hydrogens is 451 g/mol. The molecule has 1 atom stereocenters. The van der Waals surface area contributed by atoms with Crippen LogP contribution in [0.15, 0.2) is 0 Å². The van der Waals surface area contributed by atoms with Crippen molar-refractivity contribution in [3.63, 3.8) is 0 Å². The molecule has 0 aliphatic rings. The summed E-state index contributed by atoms with van der Waals surface area (Å²) in [6.45, 7) is 1.59. The van der Waals surface area contributed by atoms with E-state index < -0.39 is 17.0 Å². The van der Waals surface area contributed by atoms with Crippen LogP contribution in [0.5, 0.6) is 0 Å². The molecule has 71 valence electrons. The first-order valence-electron chi connectivity index (χ1n) is 2.38. The molecule has 0 aromatic heterocycles. The second-order valence-corrected chi connectivity index (χ2v) is 3.52. The molecule has 0 aromatic carbocycles. The maximum absolute atomic E-state index is 8.22. The summed E-state index contributed by atoms with van der Waals surface area (Å²) in [5, 5.41) is 0. The Balaban J connectivity index is -0.000000405. The van der Waals surface area contributed by atoms with Crippen LogP contribution in [-0.4, -0.2) is 30.4 Å². The molecule has 1 unspecified atom stereocenters. The molecule has 0 rings (SSSR count). The van der Waals surface area contributed by atoms with Gasteiger partial charge in [0.15, 0.2) is 15.2 Å². The Labute approximate surface area is 114 Å².